The number of carbonyl (C=O) groups is 1. The van der Waals surface area contributed by atoms with Crippen molar-refractivity contribution in [2.45, 2.75) is 31.4 Å². The minimum Gasteiger partial charge on any atom is -0.377 e. The topological polar surface area (TPSA) is 89.0 Å². The Morgan fingerprint density at radius 2 is 1.88 bits per heavy atom. The molecule has 1 heterocycles. The largest absolute Gasteiger partial charge is 0.377 e. The van der Waals surface area contributed by atoms with Crippen molar-refractivity contribution in [1.82, 2.24) is 15.0 Å². The second kappa shape index (κ2) is 8.60. The fourth-order valence-electron chi connectivity index (χ4n) is 2.06. The zero-order valence-corrected chi connectivity index (χ0v) is 15.0. The van der Waals surface area contributed by atoms with Gasteiger partial charge in [0.15, 0.2) is 5.82 Å². The monoisotopic (exact) mass is 347 g/mol. The van der Waals surface area contributed by atoms with Crippen LogP contribution in [0.1, 0.15) is 31.3 Å². The number of thioether (sulfide) groups is 1. The Balaban J connectivity index is 2.19. The average Bonchev–Trinajstić information content (AvgIpc) is 2.54. The number of aromatic nitrogens is 3. The third-order valence-corrected chi connectivity index (χ3v) is 3.95. The summed E-state index contributed by atoms with van der Waals surface area (Å²) in [6.45, 7) is 3.66. The molecule has 0 saturated heterocycles. The van der Waals surface area contributed by atoms with Gasteiger partial charge in [0.05, 0.1) is 6.04 Å². The van der Waals surface area contributed by atoms with E-state index in [9.17, 15) is 4.79 Å². The van der Waals surface area contributed by atoms with Crippen LogP contribution in [0, 0.1) is 0 Å². The van der Waals surface area contributed by atoms with Crippen LogP contribution in [0.5, 0.6) is 0 Å². The number of hydrogen-bond acceptors (Lipinski definition) is 7. The normalized spacial score (nSPS) is 11.8. The molecule has 0 spiro atoms. The molecule has 1 atom stereocenters. The Hall–Kier alpha value is -2.19. The molecule has 0 fully saturated rings. The number of amides is 1. The predicted molar refractivity (Wildman–Crippen MR) is 95.1 cm³/mol. The summed E-state index contributed by atoms with van der Waals surface area (Å²) in [4.78, 5) is 25.1. The van der Waals surface area contributed by atoms with Crippen LogP contribution >= 0.6 is 11.8 Å². The van der Waals surface area contributed by atoms with E-state index in [0.717, 1.165) is 5.56 Å². The van der Waals surface area contributed by atoms with E-state index >= 15 is 0 Å². The van der Waals surface area contributed by atoms with Gasteiger partial charge in [-0.15, -0.1) is 11.8 Å². The summed E-state index contributed by atoms with van der Waals surface area (Å²) >= 11 is 1.70. The molecular weight excluding hydrogens is 326 g/mol. The summed E-state index contributed by atoms with van der Waals surface area (Å²) in [5.41, 5.74) is 1.11. The van der Waals surface area contributed by atoms with Gasteiger partial charge in [0.1, 0.15) is 6.61 Å². The van der Waals surface area contributed by atoms with E-state index in [1.54, 1.807) is 18.9 Å². The van der Waals surface area contributed by atoms with Gasteiger partial charge in [-0.05, 0) is 30.9 Å². The van der Waals surface area contributed by atoms with Gasteiger partial charge < -0.3 is 10.1 Å². The molecular formula is C16H21N5O2S. The van der Waals surface area contributed by atoms with E-state index in [-0.39, 0.29) is 24.5 Å². The number of carbonyl (C=O) groups excluding carboxylic acids is 1. The lowest BCUT2D eigenvalue weighted by Crippen LogP contribution is -2.16. The molecule has 2 N–H and O–H groups in total. The van der Waals surface area contributed by atoms with Crippen molar-refractivity contribution in [3.05, 3.63) is 35.7 Å². The number of hydrogen-bond donors (Lipinski definition) is 2. The van der Waals surface area contributed by atoms with Gasteiger partial charge >= 0.3 is 0 Å². The van der Waals surface area contributed by atoms with Crippen LogP contribution in [0.25, 0.3) is 0 Å². The van der Waals surface area contributed by atoms with Crippen LogP contribution in [-0.4, -0.2) is 34.2 Å². The standard InChI is InChI=1S/C16H21N5O2S/c1-10(12-5-7-13(24-4)8-6-12)17-15-19-14(9-23-3)20-16(21-15)18-11(2)22/h5-8,10H,9H2,1-4H3,(H2,17,18,19,20,21,22). The molecule has 8 heteroatoms. The lowest BCUT2D eigenvalue weighted by molar-refractivity contribution is -0.114. The molecule has 0 saturated carbocycles. The van der Waals surface area contributed by atoms with Crippen LogP contribution in [-0.2, 0) is 16.1 Å². The number of nitrogens with one attached hydrogen (secondary N) is 2. The Morgan fingerprint density at radius 1 is 1.21 bits per heavy atom. The second-order valence-electron chi connectivity index (χ2n) is 5.15. The molecule has 7 nitrogen and oxygen atoms in total. The molecule has 24 heavy (non-hydrogen) atoms. The van der Waals surface area contributed by atoms with Crippen molar-refractivity contribution in [3.8, 4) is 0 Å². The second-order valence-corrected chi connectivity index (χ2v) is 6.03. The molecule has 128 valence electrons. The van der Waals surface area contributed by atoms with Crippen molar-refractivity contribution in [3.63, 3.8) is 0 Å². The summed E-state index contributed by atoms with van der Waals surface area (Å²) in [6.07, 6.45) is 2.04. The summed E-state index contributed by atoms with van der Waals surface area (Å²) in [5.74, 6) is 0.805. The summed E-state index contributed by atoms with van der Waals surface area (Å²) in [7, 11) is 1.56. The molecule has 0 aliphatic carbocycles. The smallest absolute Gasteiger partial charge is 0.234 e. The molecule has 0 aliphatic heterocycles. The first-order valence-electron chi connectivity index (χ1n) is 7.43. The number of ether oxygens (including phenoxy) is 1. The summed E-state index contributed by atoms with van der Waals surface area (Å²) in [6, 6.07) is 8.28. The first-order chi connectivity index (χ1) is 11.5. The molecule has 0 aliphatic rings. The summed E-state index contributed by atoms with van der Waals surface area (Å²) in [5, 5.41) is 5.80. The van der Waals surface area contributed by atoms with Crippen LogP contribution in [0.2, 0.25) is 0 Å². The van der Waals surface area contributed by atoms with Gasteiger partial charge in [0.2, 0.25) is 17.8 Å². The van der Waals surface area contributed by atoms with Gasteiger partial charge in [-0.3, -0.25) is 10.1 Å². The number of nitrogens with zero attached hydrogens (tertiary/aromatic N) is 3. The number of methoxy groups -OCH3 is 1. The quantitative estimate of drug-likeness (QED) is 0.744. The van der Waals surface area contributed by atoms with E-state index in [1.807, 2.05) is 13.2 Å². The molecule has 1 amide bonds. The zero-order chi connectivity index (χ0) is 17.5. The van der Waals surface area contributed by atoms with Crippen molar-refractivity contribution < 1.29 is 9.53 Å². The van der Waals surface area contributed by atoms with Crippen LogP contribution in [0.15, 0.2) is 29.2 Å². The molecule has 1 aromatic heterocycles. The van der Waals surface area contributed by atoms with E-state index in [1.165, 1.54) is 11.8 Å². The van der Waals surface area contributed by atoms with Crippen molar-refractivity contribution in [2.75, 3.05) is 24.0 Å². The van der Waals surface area contributed by atoms with Gasteiger partial charge in [-0.25, -0.2) is 0 Å². The lowest BCUT2D eigenvalue weighted by atomic mass is 10.1. The Kier molecular flexibility index (Phi) is 6.51. The van der Waals surface area contributed by atoms with E-state index in [2.05, 4.69) is 49.9 Å². The van der Waals surface area contributed by atoms with Crippen LogP contribution in [0.4, 0.5) is 11.9 Å². The average molecular weight is 347 g/mol. The maximum absolute atomic E-state index is 11.2. The minimum absolute atomic E-state index is 0.00359. The molecule has 1 aromatic carbocycles. The first-order valence-corrected chi connectivity index (χ1v) is 8.66. The van der Waals surface area contributed by atoms with Crippen molar-refractivity contribution in [1.29, 1.82) is 0 Å². The lowest BCUT2D eigenvalue weighted by Gasteiger charge is -2.15. The minimum atomic E-state index is -0.240. The molecule has 2 aromatic rings. The molecule has 1 unspecified atom stereocenters. The Morgan fingerprint density at radius 3 is 2.46 bits per heavy atom. The number of anilines is 2. The highest BCUT2D eigenvalue weighted by atomic mass is 32.2. The Labute approximate surface area is 145 Å². The van der Waals surface area contributed by atoms with E-state index in [4.69, 9.17) is 4.74 Å². The molecule has 0 bridgehead atoms. The molecule has 0 radical (unpaired) electrons. The van der Waals surface area contributed by atoms with Crippen molar-refractivity contribution in [2.24, 2.45) is 0 Å². The highest BCUT2D eigenvalue weighted by Gasteiger charge is 2.11. The first kappa shape index (κ1) is 18.2. The fraction of sp³-hybridized carbons (Fsp3) is 0.375. The van der Waals surface area contributed by atoms with Gasteiger partial charge in [-0.1, -0.05) is 12.1 Å². The van der Waals surface area contributed by atoms with E-state index < -0.39 is 0 Å². The maximum atomic E-state index is 11.2. The number of rotatable bonds is 7. The third kappa shape index (κ3) is 5.17. The molecule has 2 rings (SSSR count). The fourth-order valence-corrected chi connectivity index (χ4v) is 2.47. The van der Waals surface area contributed by atoms with Gasteiger partial charge in [-0.2, -0.15) is 15.0 Å². The maximum Gasteiger partial charge on any atom is 0.234 e. The SMILES string of the molecule is COCc1nc(NC(C)=O)nc(NC(C)c2ccc(SC)cc2)n1. The van der Waals surface area contributed by atoms with Crippen LogP contribution in [0.3, 0.4) is 0 Å². The summed E-state index contributed by atoms with van der Waals surface area (Å²) < 4.78 is 5.06. The number of benzene rings is 1. The van der Waals surface area contributed by atoms with E-state index in [0.29, 0.717) is 11.8 Å². The zero-order valence-electron chi connectivity index (χ0n) is 14.2. The van der Waals surface area contributed by atoms with Crippen molar-refractivity contribution >= 4 is 29.6 Å². The highest BCUT2D eigenvalue weighted by Crippen LogP contribution is 2.21. The predicted octanol–water partition coefficient (Wildman–Crippen LogP) is 2.87. The third-order valence-electron chi connectivity index (χ3n) is 3.20. The highest BCUT2D eigenvalue weighted by molar-refractivity contribution is 7.98. The van der Waals surface area contributed by atoms with Crippen LogP contribution < -0.4 is 10.6 Å². The van der Waals surface area contributed by atoms with Gasteiger partial charge in [0.25, 0.3) is 0 Å². The van der Waals surface area contributed by atoms with Gasteiger partial charge in [0, 0.05) is 18.9 Å². The Bertz CT molecular complexity index is 693.